The maximum atomic E-state index is 12.5. The number of hydrogen-bond acceptors (Lipinski definition) is 5. The standard InChI is InChI=1S/C21H30N2O5/c1-6-15-9-11-16(12-10-15)22-18(24)14(2)27-19(25)17-8-7-13-23(17)20(26)28-21(3,4)5/h9-12,14,17H,6-8,13H2,1-5H3,(H,22,24)/t14-,17-/m0/s1. The molecule has 1 fully saturated rings. The average Bonchev–Trinajstić information content (AvgIpc) is 3.11. The molecule has 2 atom stereocenters. The lowest BCUT2D eigenvalue weighted by Gasteiger charge is -2.28. The second-order valence-electron chi connectivity index (χ2n) is 7.95. The van der Waals surface area contributed by atoms with Crippen LogP contribution in [0, 0.1) is 0 Å². The van der Waals surface area contributed by atoms with E-state index in [1.165, 1.54) is 17.4 Å². The Bertz CT molecular complexity index is 709. The molecule has 1 aliphatic heterocycles. The van der Waals surface area contributed by atoms with Crippen LogP contribution >= 0.6 is 0 Å². The van der Waals surface area contributed by atoms with Gasteiger partial charge in [0.1, 0.15) is 11.6 Å². The summed E-state index contributed by atoms with van der Waals surface area (Å²) in [6, 6.07) is 6.76. The molecule has 1 N–H and O–H groups in total. The Labute approximate surface area is 166 Å². The third kappa shape index (κ3) is 5.97. The number of ether oxygens (including phenoxy) is 2. The number of hydrogen-bond donors (Lipinski definition) is 1. The second kappa shape index (κ2) is 9.08. The monoisotopic (exact) mass is 390 g/mol. The Balaban J connectivity index is 1.92. The molecule has 154 valence electrons. The largest absolute Gasteiger partial charge is 0.451 e. The van der Waals surface area contributed by atoms with Gasteiger partial charge in [-0.25, -0.2) is 9.59 Å². The van der Waals surface area contributed by atoms with Crippen molar-refractivity contribution >= 4 is 23.7 Å². The van der Waals surface area contributed by atoms with Gasteiger partial charge in [0.25, 0.3) is 5.91 Å². The zero-order chi connectivity index (χ0) is 20.9. The molecular weight excluding hydrogens is 360 g/mol. The van der Waals surface area contributed by atoms with Crippen LogP contribution in [0.5, 0.6) is 0 Å². The second-order valence-corrected chi connectivity index (χ2v) is 7.95. The molecular formula is C21H30N2O5. The van der Waals surface area contributed by atoms with E-state index in [-0.39, 0.29) is 0 Å². The topological polar surface area (TPSA) is 84.9 Å². The molecule has 1 aromatic rings. The molecule has 2 rings (SSSR count). The number of rotatable bonds is 5. The first kappa shape index (κ1) is 21.7. The van der Waals surface area contributed by atoms with E-state index in [2.05, 4.69) is 12.2 Å². The zero-order valence-electron chi connectivity index (χ0n) is 17.3. The normalized spacial score (nSPS) is 17.8. The van der Waals surface area contributed by atoms with E-state index in [1.807, 2.05) is 24.3 Å². The molecule has 0 aliphatic carbocycles. The predicted molar refractivity (Wildman–Crippen MR) is 106 cm³/mol. The Morgan fingerprint density at radius 3 is 2.43 bits per heavy atom. The minimum atomic E-state index is -0.973. The third-order valence-electron chi connectivity index (χ3n) is 4.44. The van der Waals surface area contributed by atoms with Crippen LogP contribution in [-0.4, -0.2) is 47.2 Å². The van der Waals surface area contributed by atoms with E-state index in [4.69, 9.17) is 9.47 Å². The quantitative estimate of drug-likeness (QED) is 0.778. The number of nitrogens with one attached hydrogen (secondary N) is 1. The van der Waals surface area contributed by atoms with Gasteiger partial charge in [-0.05, 0) is 64.7 Å². The number of nitrogens with zero attached hydrogens (tertiary/aromatic N) is 1. The van der Waals surface area contributed by atoms with Crippen molar-refractivity contribution in [2.75, 3.05) is 11.9 Å². The van der Waals surface area contributed by atoms with E-state index in [9.17, 15) is 14.4 Å². The molecule has 28 heavy (non-hydrogen) atoms. The molecule has 2 amide bonds. The highest BCUT2D eigenvalue weighted by Gasteiger charge is 2.38. The van der Waals surface area contributed by atoms with Crippen molar-refractivity contribution in [2.24, 2.45) is 0 Å². The fourth-order valence-corrected chi connectivity index (χ4v) is 2.92. The van der Waals surface area contributed by atoms with Gasteiger partial charge in [-0.3, -0.25) is 9.69 Å². The van der Waals surface area contributed by atoms with Gasteiger partial charge in [0.15, 0.2) is 6.10 Å². The SMILES string of the molecule is CCc1ccc(NC(=O)[C@H](C)OC(=O)[C@@H]2CCCN2C(=O)OC(C)(C)C)cc1. The van der Waals surface area contributed by atoms with Crippen molar-refractivity contribution in [1.29, 1.82) is 0 Å². The highest BCUT2D eigenvalue weighted by Crippen LogP contribution is 2.22. The van der Waals surface area contributed by atoms with Crippen LogP contribution in [0.3, 0.4) is 0 Å². The average molecular weight is 390 g/mol. The number of esters is 1. The van der Waals surface area contributed by atoms with E-state index in [1.54, 1.807) is 20.8 Å². The molecule has 0 aromatic heterocycles. The molecule has 1 saturated heterocycles. The van der Waals surface area contributed by atoms with Crippen LogP contribution in [0.25, 0.3) is 0 Å². The number of carbonyl (C=O) groups excluding carboxylic acids is 3. The predicted octanol–water partition coefficient (Wildman–Crippen LogP) is 3.52. The number of benzene rings is 1. The molecule has 1 aromatic carbocycles. The summed E-state index contributed by atoms with van der Waals surface area (Å²) in [5.74, 6) is -1.01. The summed E-state index contributed by atoms with van der Waals surface area (Å²) in [7, 11) is 0. The first-order valence-electron chi connectivity index (χ1n) is 9.70. The molecule has 1 heterocycles. The number of aryl methyl sites for hydroxylation is 1. The van der Waals surface area contributed by atoms with E-state index >= 15 is 0 Å². The van der Waals surface area contributed by atoms with Crippen LogP contribution in [0.4, 0.5) is 10.5 Å². The Morgan fingerprint density at radius 2 is 1.86 bits per heavy atom. The molecule has 0 radical (unpaired) electrons. The number of anilines is 1. The van der Waals surface area contributed by atoms with E-state index in [0.29, 0.717) is 25.1 Å². The molecule has 1 aliphatic rings. The van der Waals surface area contributed by atoms with Crippen molar-refractivity contribution in [3.05, 3.63) is 29.8 Å². The van der Waals surface area contributed by atoms with Crippen molar-refractivity contribution in [3.63, 3.8) is 0 Å². The van der Waals surface area contributed by atoms with Crippen LogP contribution in [0.1, 0.15) is 53.0 Å². The Morgan fingerprint density at radius 1 is 1.21 bits per heavy atom. The van der Waals surface area contributed by atoms with E-state index in [0.717, 1.165) is 6.42 Å². The minimum Gasteiger partial charge on any atom is -0.451 e. The Hall–Kier alpha value is -2.57. The van der Waals surface area contributed by atoms with Gasteiger partial charge in [0.05, 0.1) is 0 Å². The van der Waals surface area contributed by atoms with Crippen molar-refractivity contribution in [2.45, 2.75) is 71.6 Å². The van der Waals surface area contributed by atoms with Crippen LogP contribution in [0.2, 0.25) is 0 Å². The molecule has 0 unspecified atom stereocenters. The molecule has 0 saturated carbocycles. The lowest BCUT2D eigenvalue weighted by atomic mass is 10.1. The van der Waals surface area contributed by atoms with Gasteiger partial charge in [0.2, 0.25) is 0 Å². The van der Waals surface area contributed by atoms with E-state index < -0.39 is 35.7 Å². The van der Waals surface area contributed by atoms with Gasteiger partial charge in [-0.15, -0.1) is 0 Å². The fraction of sp³-hybridized carbons (Fsp3) is 0.571. The molecule has 0 bridgehead atoms. The summed E-state index contributed by atoms with van der Waals surface area (Å²) in [4.78, 5) is 38.5. The van der Waals surface area contributed by atoms with Crippen molar-refractivity contribution < 1.29 is 23.9 Å². The lowest BCUT2D eigenvalue weighted by molar-refractivity contribution is -0.157. The first-order chi connectivity index (χ1) is 13.1. The van der Waals surface area contributed by atoms with Crippen LogP contribution in [-0.2, 0) is 25.5 Å². The highest BCUT2D eigenvalue weighted by atomic mass is 16.6. The zero-order valence-corrected chi connectivity index (χ0v) is 17.3. The summed E-state index contributed by atoms with van der Waals surface area (Å²) < 4.78 is 10.7. The van der Waals surface area contributed by atoms with Crippen molar-refractivity contribution in [1.82, 2.24) is 4.90 Å². The number of amides is 2. The fourth-order valence-electron chi connectivity index (χ4n) is 2.92. The first-order valence-corrected chi connectivity index (χ1v) is 9.70. The number of likely N-dealkylation sites (tertiary alicyclic amines) is 1. The molecule has 7 heteroatoms. The van der Waals surface area contributed by atoms with Gasteiger partial charge in [0, 0.05) is 12.2 Å². The molecule has 7 nitrogen and oxygen atoms in total. The molecule has 0 spiro atoms. The highest BCUT2D eigenvalue weighted by molar-refractivity contribution is 5.95. The maximum absolute atomic E-state index is 12.5. The summed E-state index contributed by atoms with van der Waals surface area (Å²) in [5.41, 5.74) is 1.16. The summed E-state index contributed by atoms with van der Waals surface area (Å²) >= 11 is 0. The summed E-state index contributed by atoms with van der Waals surface area (Å²) in [6.07, 6.45) is 0.575. The number of carbonyl (C=O) groups is 3. The van der Waals surface area contributed by atoms with Crippen LogP contribution < -0.4 is 5.32 Å². The minimum absolute atomic E-state index is 0.417. The third-order valence-corrected chi connectivity index (χ3v) is 4.44. The summed E-state index contributed by atoms with van der Waals surface area (Å²) in [6.45, 7) is 9.31. The van der Waals surface area contributed by atoms with Gasteiger partial charge >= 0.3 is 12.1 Å². The Kier molecular flexibility index (Phi) is 7.05. The smallest absolute Gasteiger partial charge is 0.411 e. The van der Waals surface area contributed by atoms with Crippen molar-refractivity contribution in [3.8, 4) is 0 Å². The maximum Gasteiger partial charge on any atom is 0.411 e. The summed E-state index contributed by atoms with van der Waals surface area (Å²) in [5, 5.41) is 2.73. The lowest BCUT2D eigenvalue weighted by Crippen LogP contribution is -2.45. The van der Waals surface area contributed by atoms with Gasteiger partial charge in [-0.1, -0.05) is 19.1 Å². The van der Waals surface area contributed by atoms with Gasteiger partial charge in [-0.2, -0.15) is 0 Å². The van der Waals surface area contributed by atoms with Crippen LogP contribution in [0.15, 0.2) is 24.3 Å². The van der Waals surface area contributed by atoms with Gasteiger partial charge < -0.3 is 14.8 Å².